The Morgan fingerprint density at radius 2 is 0.810 bits per heavy atom. The summed E-state index contributed by atoms with van der Waals surface area (Å²) in [4.78, 5) is 78.7. The Hall–Kier alpha value is -3.88. The molecule has 0 aliphatic carbocycles. The summed E-state index contributed by atoms with van der Waals surface area (Å²) in [5.74, 6) is -6.11. The van der Waals surface area contributed by atoms with Gasteiger partial charge >= 0.3 is 35.8 Å². The molecule has 0 amide bonds. The number of carbonyl (C=O) groups is 6. The molecule has 0 aliphatic rings. The van der Waals surface area contributed by atoms with Crippen LogP contribution >= 0.6 is 0 Å². The van der Waals surface area contributed by atoms with Crippen LogP contribution in [0, 0.1) is 38.4 Å². The lowest BCUT2D eigenvalue weighted by atomic mass is 9.79. The van der Waals surface area contributed by atoms with Gasteiger partial charge < -0.3 is 64.2 Å². The number of aliphatic hydroxyl groups is 7. The van der Waals surface area contributed by atoms with Crippen LogP contribution < -0.4 is 0 Å². The van der Waals surface area contributed by atoms with Crippen LogP contribution in [0.4, 0.5) is 0 Å². The van der Waals surface area contributed by atoms with Gasteiger partial charge in [0.2, 0.25) is 0 Å². The zero-order valence-corrected chi connectivity index (χ0v) is 35.3. The molecule has 0 heterocycles. The third-order valence-corrected chi connectivity index (χ3v) is 10.3. The van der Waals surface area contributed by atoms with Gasteiger partial charge in [-0.05, 0) is 59.8 Å². The van der Waals surface area contributed by atoms with Gasteiger partial charge in [0.15, 0.2) is 0 Å². The molecule has 0 rings (SSSR count). The van der Waals surface area contributed by atoms with E-state index in [-0.39, 0.29) is 12.3 Å². The monoisotopic (exact) mass is 838 g/mol. The maximum atomic E-state index is 14.0. The fourth-order valence-electron chi connectivity index (χ4n) is 4.76. The maximum Gasteiger partial charge on any atom is 0.340 e. The molecule has 336 valence electrons. The highest BCUT2D eigenvalue weighted by Gasteiger charge is 2.45. The molecule has 0 saturated carbocycles. The van der Waals surface area contributed by atoms with E-state index in [9.17, 15) is 64.5 Å². The minimum atomic E-state index is -1.92. The number of rotatable bonds is 28. The van der Waals surface area contributed by atoms with Crippen molar-refractivity contribution in [3.63, 3.8) is 0 Å². The molecule has 0 bridgehead atoms. The van der Waals surface area contributed by atoms with Gasteiger partial charge in [-0.1, -0.05) is 27.7 Å². The van der Waals surface area contributed by atoms with Crippen molar-refractivity contribution < 1.29 is 92.9 Å². The van der Waals surface area contributed by atoms with Crippen molar-refractivity contribution in [3.8, 4) is 0 Å². The van der Waals surface area contributed by atoms with Gasteiger partial charge in [-0.15, -0.1) is 0 Å². The summed E-state index contributed by atoms with van der Waals surface area (Å²) in [5, 5.41) is 67.5. The van der Waals surface area contributed by atoms with Crippen LogP contribution in [-0.4, -0.2) is 151 Å². The molecular formula is C39H66O19. The zero-order valence-electron chi connectivity index (χ0n) is 35.3. The summed E-state index contributed by atoms with van der Waals surface area (Å²) in [6.45, 7) is 4.72. The average Bonchev–Trinajstić information content (AvgIpc) is 3.22. The Morgan fingerprint density at radius 3 is 1.14 bits per heavy atom. The SMILES string of the molecule is CCC(COC(=O)/C(=C/O)COC(=O)C(C)(CO)CO)(COC(=O)C(C)(CO)CO)COC(=O)C(C)(COC(=O)C(C)(CO)CO)COC(=O)C(C)(CC)CC(C)C. The Labute approximate surface area is 339 Å². The van der Waals surface area contributed by atoms with E-state index in [2.05, 4.69) is 0 Å². The molecule has 0 radical (unpaired) electrons. The second-order valence-corrected chi connectivity index (χ2v) is 16.7. The molecule has 0 aromatic heterocycles. The van der Waals surface area contributed by atoms with Gasteiger partial charge in [0.05, 0.1) is 56.7 Å². The van der Waals surface area contributed by atoms with Crippen molar-refractivity contribution in [1.29, 1.82) is 0 Å². The highest BCUT2D eigenvalue weighted by atomic mass is 16.6. The Balaban J connectivity index is 6.69. The lowest BCUT2D eigenvalue weighted by Gasteiger charge is -2.35. The molecule has 19 nitrogen and oxygen atoms in total. The molecule has 19 heteroatoms. The first kappa shape index (κ1) is 54.1. The van der Waals surface area contributed by atoms with Crippen molar-refractivity contribution in [3.05, 3.63) is 11.8 Å². The van der Waals surface area contributed by atoms with E-state index in [0.29, 0.717) is 19.1 Å². The first-order valence-corrected chi connectivity index (χ1v) is 18.9. The summed E-state index contributed by atoms with van der Waals surface area (Å²) in [6, 6.07) is 0. The molecular weight excluding hydrogens is 772 g/mol. The average molecular weight is 839 g/mol. The summed E-state index contributed by atoms with van der Waals surface area (Å²) in [6.07, 6.45) is 1.09. The fraction of sp³-hybridized carbons (Fsp3) is 0.795. The molecule has 0 saturated heterocycles. The number of hydrogen-bond donors (Lipinski definition) is 7. The van der Waals surface area contributed by atoms with Gasteiger partial charge in [0.25, 0.3) is 0 Å². The van der Waals surface area contributed by atoms with Crippen molar-refractivity contribution in [1.82, 2.24) is 0 Å². The number of hydrogen-bond acceptors (Lipinski definition) is 19. The summed E-state index contributed by atoms with van der Waals surface area (Å²) < 4.78 is 32.4. The predicted octanol–water partition coefficient (Wildman–Crippen LogP) is 0.525. The van der Waals surface area contributed by atoms with E-state index in [1.807, 2.05) is 13.8 Å². The maximum absolute atomic E-state index is 14.0. The van der Waals surface area contributed by atoms with E-state index in [1.54, 1.807) is 20.8 Å². The Kier molecular flexibility index (Phi) is 22.1. The molecule has 3 atom stereocenters. The molecule has 0 aliphatic heterocycles. The van der Waals surface area contributed by atoms with Crippen molar-refractivity contribution >= 4 is 35.8 Å². The summed E-state index contributed by atoms with van der Waals surface area (Å²) in [7, 11) is 0. The number of esters is 6. The number of aliphatic hydroxyl groups excluding tert-OH is 7. The van der Waals surface area contributed by atoms with Gasteiger partial charge in [-0.25, -0.2) is 4.79 Å². The normalized spacial score (nSPS) is 15.6. The Bertz CT molecular complexity index is 1400. The molecule has 0 aromatic rings. The standard InChI is InChI=1S/C39H66O19/c1-10-34(5,12-26(3)4)29(48)55-21-38(9,22-56-31(50)36(7,17-43)18-44)33(52)58-25-39(11-2,24-57-32(51)37(8,19-45)20-46)23-54-28(47)27(13-40)14-53-30(49)35(6,15-41)16-42/h13,26,40-46H,10-12,14-25H2,1-9H3/b27-13+. The quantitative estimate of drug-likeness (QED) is 0.0245. The minimum Gasteiger partial charge on any atom is -0.515 e. The van der Waals surface area contributed by atoms with Gasteiger partial charge in [0.1, 0.15) is 66.9 Å². The first-order chi connectivity index (χ1) is 26.9. The van der Waals surface area contributed by atoms with Crippen molar-refractivity contribution in [2.24, 2.45) is 38.4 Å². The largest absolute Gasteiger partial charge is 0.515 e. The lowest BCUT2D eigenvalue weighted by Crippen LogP contribution is -2.47. The zero-order chi connectivity index (χ0) is 45.2. The van der Waals surface area contributed by atoms with Crippen LogP contribution in [0.25, 0.3) is 0 Å². The van der Waals surface area contributed by atoms with Gasteiger partial charge in [-0.2, -0.15) is 0 Å². The fourth-order valence-corrected chi connectivity index (χ4v) is 4.76. The van der Waals surface area contributed by atoms with E-state index in [4.69, 9.17) is 28.4 Å². The van der Waals surface area contributed by atoms with E-state index >= 15 is 0 Å². The van der Waals surface area contributed by atoms with Crippen LogP contribution in [0.1, 0.15) is 81.6 Å². The van der Waals surface area contributed by atoms with Crippen LogP contribution in [0.2, 0.25) is 0 Å². The van der Waals surface area contributed by atoms with E-state index < -0.39 is 153 Å². The number of carbonyl (C=O) groups excluding carboxylic acids is 6. The van der Waals surface area contributed by atoms with Gasteiger partial charge in [-0.3, -0.25) is 24.0 Å². The number of ether oxygens (including phenoxy) is 6. The first-order valence-electron chi connectivity index (χ1n) is 18.9. The van der Waals surface area contributed by atoms with Crippen molar-refractivity contribution in [2.75, 3.05) is 79.3 Å². The van der Waals surface area contributed by atoms with Gasteiger partial charge in [0, 0.05) is 0 Å². The highest BCUT2D eigenvalue weighted by molar-refractivity contribution is 5.89. The molecule has 3 unspecified atom stereocenters. The molecule has 58 heavy (non-hydrogen) atoms. The Morgan fingerprint density at radius 1 is 0.483 bits per heavy atom. The van der Waals surface area contributed by atoms with Crippen LogP contribution in [0.3, 0.4) is 0 Å². The molecule has 7 N–H and O–H groups in total. The highest BCUT2D eigenvalue weighted by Crippen LogP contribution is 2.34. The summed E-state index contributed by atoms with van der Waals surface area (Å²) >= 11 is 0. The molecule has 0 spiro atoms. The predicted molar refractivity (Wildman–Crippen MR) is 202 cm³/mol. The second-order valence-electron chi connectivity index (χ2n) is 16.7. The summed E-state index contributed by atoms with van der Waals surface area (Å²) in [5.41, 5.74) is -10.3. The van der Waals surface area contributed by atoms with Crippen LogP contribution in [0.15, 0.2) is 11.8 Å². The van der Waals surface area contributed by atoms with Crippen LogP contribution in [-0.2, 0) is 57.2 Å². The van der Waals surface area contributed by atoms with Crippen molar-refractivity contribution in [2.45, 2.75) is 81.6 Å². The van der Waals surface area contributed by atoms with E-state index in [0.717, 1.165) is 0 Å². The smallest absolute Gasteiger partial charge is 0.340 e. The second kappa shape index (κ2) is 23.6. The topological polar surface area (TPSA) is 299 Å². The molecule has 0 fully saturated rings. The third kappa shape index (κ3) is 14.7. The van der Waals surface area contributed by atoms with E-state index in [1.165, 1.54) is 27.7 Å². The van der Waals surface area contributed by atoms with Crippen LogP contribution in [0.5, 0.6) is 0 Å². The molecule has 0 aromatic carbocycles. The lowest BCUT2D eigenvalue weighted by molar-refractivity contribution is -0.182. The minimum absolute atomic E-state index is 0.0512. The third-order valence-electron chi connectivity index (χ3n) is 10.3.